The van der Waals surface area contributed by atoms with Crippen LogP contribution in [0.1, 0.15) is 29.8 Å². The topological polar surface area (TPSA) is 76.7 Å². The molecule has 2 aromatic rings. The Morgan fingerprint density at radius 1 is 1.04 bits per heavy atom. The van der Waals surface area contributed by atoms with Gasteiger partial charge in [-0.25, -0.2) is 4.39 Å². The van der Waals surface area contributed by atoms with E-state index in [9.17, 15) is 14.0 Å². The molecule has 0 aliphatic carbocycles. The number of halogens is 1. The normalized spacial score (nSPS) is 11.7. The molecular weight excluding hydrogens is 363 g/mol. The van der Waals surface area contributed by atoms with Gasteiger partial charge < -0.3 is 20.1 Å². The fraction of sp³-hybridized carbons (Fsp3) is 0.333. The molecule has 0 aliphatic heterocycles. The highest BCUT2D eigenvalue weighted by molar-refractivity contribution is 6.01. The molecule has 2 aromatic carbocycles. The standard InChI is InChI=1S/C21H25FN2O4/c1-12(2)19(24-20(25)14-8-6-7-9-15(14)22)21(26)23-16-11-18(28-5)17(27-4)10-13(16)3/h6-12,19H,1-5H3,(H,23,26)(H,24,25)/t19-/m1/s1. The molecule has 0 heterocycles. The number of aryl methyl sites for hydroxylation is 1. The first-order valence-electron chi connectivity index (χ1n) is 8.87. The molecule has 0 aromatic heterocycles. The number of carbonyl (C=O) groups excluding carboxylic acids is 2. The average Bonchev–Trinajstić information content (AvgIpc) is 2.67. The molecule has 2 N–H and O–H groups in total. The van der Waals surface area contributed by atoms with Crippen LogP contribution in [0.25, 0.3) is 0 Å². The van der Waals surface area contributed by atoms with Crippen LogP contribution in [-0.4, -0.2) is 32.1 Å². The summed E-state index contributed by atoms with van der Waals surface area (Å²) in [5.41, 5.74) is 1.20. The summed E-state index contributed by atoms with van der Waals surface area (Å²) in [6, 6.07) is 8.19. The van der Waals surface area contributed by atoms with Crippen molar-refractivity contribution in [3.8, 4) is 11.5 Å². The highest BCUT2D eigenvalue weighted by Gasteiger charge is 2.26. The molecule has 6 nitrogen and oxygen atoms in total. The van der Waals surface area contributed by atoms with Crippen LogP contribution in [-0.2, 0) is 4.79 Å². The predicted molar refractivity (Wildman–Crippen MR) is 105 cm³/mol. The molecule has 0 saturated heterocycles. The SMILES string of the molecule is COc1cc(C)c(NC(=O)[C@H](NC(=O)c2ccccc2F)C(C)C)cc1OC. The second-order valence-electron chi connectivity index (χ2n) is 6.69. The van der Waals surface area contributed by atoms with E-state index in [1.807, 2.05) is 6.92 Å². The van der Waals surface area contributed by atoms with Gasteiger partial charge >= 0.3 is 0 Å². The summed E-state index contributed by atoms with van der Waals surface area (Å²) in [5, 5.41) is 5.42. The number of methoxy groups -OCH3 is 2. The zero-order chi connectivity index (χ0) is 20.8. The van der Waals surface area contributed by atoms with Crippen LogP contribution >= 0.6 is 0 Å². The van der Waals surface area contributed by atoms with Crippen LogP contribution in [0.3, 0.4) is 0 Å². The van der Waals surface area contributed by atoms with Gasteiger partial charge in [0.15, 0.2) is 11.5 Å². The summed E-state index contributed by atoms with van der Waals surface area (Å²) in [6.45, 7) is 5.42. The second-order valence-corrected chi connectivity index (χ2v) is 6.69. The fourth-order valence-corrected chi connectivity index (χ4v) is 2.73. The van der Waals surface area contributed by atoms with Crippen LogP contribution in [0.5, 0.6) is 11.5 Å². The molecule has 7 heteroatoms. The highest BCUT2D eigenvalue weighted by atomic mass is 19.1. The van der Waals surface area contributed by atoms with E-state index in [1.54, 1.807) is 32.0 Å². The summed E-state index contributed by atoms with van der Waals surface area (Å²) in [6.07, 6.45) is 0. The van der Waals surface area contributed by atoms with Crippen molar-refractivity contribution in [2.45, 2.75) is 26.8 Å². The summed E-state index contributed by atoms with van der Waals surface area (Å²) in [4.78, 5) is 25.2. The first kappa shape index (κ1) is 21.2. The lowest BCUT2D eigenvalue weighted by atomic mass is 10.0. The number of rotatable bonds is 7. The lowest BCUT2D eigenvalue weighted by Crippen LogP contribution is -2.47. The van der Waals surface area contributed by atoms with Gasteiger partial charge in [-0.15, -0.1) is 0 Å². The number of amides is 2. The average molecular weight is 388 g/mol. The van der Waals surface area contributed by atoms with Crippen molar-refractivity contribution in [3.63, 3.8) is 0 Å². The van der Waals surface area contributed by atoms with Crippen LogP contribution in [0.2, 0.25) is 0 Å². The van der Waals surface area contributed by atoms with Crippen LogP contribution in [0.15, 0.2) is 36.4 Å². The summed E-state index contributed by atoms with van der Waals surface area (Å²) in [5.74, 6) is -0.882. The molecule has 0 radical (unpaired) electrons. The van der Waals surface area contributed by atoms with Gasteiger partial charge in [0, 0.05) is 11.8 Å². The smallest absolute Gasteiger partial charge is 0.254 e. The van der Waals surface area contributed by atoms with E-state index in [4.69, 9.17) is 9.47 Å². The van der Waals surface area contributed by atoms with Crippen molar-refractivity contribution in [2.24, 2.45) is 5.92 Å². The third kappa shape index (κ3) is 4.79. The van der Waals surface area contributed by atoms with E-state index >= 15 is 0 Å². The summed E-state index contributed by atoms with van der Waals surface area (Å²) >= 11 is 0. The predicted octanol–water partition coefficient (Wildman–Crippen LogP) is 3.54. The lowest BCUT2D eigenvalue weighted by Gasteiger charge is -2.23. The number of nitrogens with one attached hydrogen (secondary N) is 2. The minimum atomic E-state index is -0.848. The molecule has 150 valence electrons. The first-order chi connectivity index (χ1) is 13.3. The van der Waals surface area contributed by atoms with Crippen molar-refractivity contribution in [2.75, 3.05) is 19.5 Å². The molecule has 28 heavy (non-hydrogen) atoms. The van der Waals surface area contributed by atoms with Gasteiger partial charge in [0.1, 0.15) is 11.9 Å². The van der Waals surface area contributed by atoms with E-state index in [2.05, 4.69) is 10.6 Å². The Kier molecular flexibility index (Phi) is 6.98. The quantitative estimate of drug-likeness (QED) is 0.761. The van der Waals surface area contributed by atoms with Gasteiger partial charge in [0.25, 0.3) is 5.91 Å². The Balaban J connectivity index is 2.22. The number of anilines is 1. The molecule has 1 atom stereocenters. The zero-order valence-electron chi connectivity index (χ0n) is 16.6. The summed E-state index contributed by atoms with van der Waals surface area (Å²) < 4.78 is 24.4. The van der Waals surface area contributed by atoms with E-state index in [0.717, 1.165) is 5.56 Å². The van der Waals surface area contributed by atoms with E-state index in [0.29, 0.717) is 17.2 Å². The van der Waals surface area contributed by atoms with Gasteiger partial charge in [0.2, 0.25) is 5.91 Å². The van der Waals surface area contributed by atoms with Crippen molar-refractivity contribution in [3.05, 3.63) is 53.3 Å². The Bertz CT molecular complexity index is 867. The minimum absolute atomic E-state index is 0.108. The molecule has 0 saturated carbocycles. The number of ether oxygens (including phenoxy) is 2. The van der Waals surface area contributed by atoms with Crippen molar-refractivity contribution >= 4 is 17.5 Å². The number of hydrogen-bond donors (Lipinski definition) is 2. The van der Waals surface area contributed by atoms with Gasteiger partial charge in [-0.3, -0.25) is 9.59 Å². The maximum absolute atomic E-state index is 13.9. The third-order valence-electron chi connectivity index (χ3n) is 4.34. The van der Waals surface area contributed by atoms with Gasteiger partial charge in [-0.05, 0) is 36.6 Å². The monoisotopic (exact) mass is 388 g/mol. The van der Waals surface area contributed by atoms with E-state index in [1.165, 1.54) is 32.4 Å². The maximum Gasteiger partial charge on any atom is 0.254 e. The van der Waals surface area contributed by atoms with Gasteiger partial charge in [0.05, 0.1) is 19.8 Å². The largest absolute Gasteiger partial charge is 0.493 e. The molecule has 2 amide bonds. The van der Waals surface area contributed by atoms with Crippen molar-refractivity contribution in [1.29, 1.82) is 0 Å². The highest BCUT2D eigenvalue weighted by Crippen LogP contribution is 2.33. The minimum Gasteiger partial charge on any atom is -0.493 e. The molecule has 0 bridgehead atoms. The number of benzene rings is 2. The Morgan fingerprint density at radius 2 is 1.64 bits per heavy atom. The fourth-order valence-electron chi connectivity index (χ4n) is 2.73. The van der Waals surface area contributed by atoms with Crippen molar-refractivity contribution < 1.29 is 23.5 Å². The Morgan fingerprint density at radius 3 is 2.21 bits per heavy atom. The molecule has 2 rings (SSSR count). The summed E-state index contributed by atoms with van der Waals surface area (Å²) in [7, 11) is 3.03. The maximum atomic E-state index is 13.9. The van der Waals surface area contributed by atoms with Gasteiger partial charge in [-0.1, -0.05) is 26.0 Å². The second kappa shape index (κ2) is 9.21. The first-order valence-corrected chi connectivity index (χ1v) is 8.87. The molecule has 0 fully saturated rings. The number of hydrogen-bond acceptors (Lipinski definition) is 4. The molecule has 0 spiro atoms. The Hall–Kier alpha value is -3.09. The van der Waals surface area contributed by atoms with E-state index in [-0.39, 0.29) is 11.5 Å². The van der Waals surface area contributed by atoms with Crippen LogP contribution < -0.4 is 20.1 Å². The van der Waals surface area contributed by atoms with Crippen LogP contribution in [0, 0.1) is 18.7 Å². The van der Waals surface area contributed by atoms with Crippen LogP contribution in [0.4, 0.5) is 10.1 Å². The van der Waals surface area contributed by atoms with E-state index < -0.39 is 23.7 Å². The molecular formula is C21H25FN2O4. The zero-order valence-corrected chi connectivity index (χ0v) is 16.6. The lowest BCUT2D eigenvalue weighted by molar-refractivity contribution is -0.118. The van der Waals surface area contributed by atoms with Crippen molar-refractivity contribution in [1.82, 2.24) is 5.32 Å². The molecule has 0 unspecified atom stereocenters. The molecule has 0 aliphatic rings. The number of carbonyl (C=O) groups is 2. The third-order valence-corrected chi connectivity index (χ3v) is 4.34. The van der Waals surface area contributed by atoms with Gasteiger partial charge in [-0.2, -0.15) is 0 Å². The Labute approximate surface area is 164 Å².